The lowest BCUT2D eigenvalue weighted by Gasteiger charge is -2.30. The fourth-order valence-corrected chi connectivity index (χ4v) is 5.16. The van der Waals surface area contributed by atoms with Crippen molar-refractivity contribution in [2.75, 3.05) is 17.1 Å². The maximum atomic E-state index is 13.3. The molecule has 0 heterocycles. The molecule has 7 nitrogen and oxygen atoms in total. The highest BCUT2D eigenvalue weighted by Crippen LogP contribution is 2.31. The average molecular weight is 577 g/mol. The van der Waals surface area contributed by atoms with Crippen molar-refractivity contribution in [1.29, 1.82) is 0 Å². The van der Waals surface area contributed by atoms with E-state index in [1.807, 2.05) is 19.9 Å². The molecule has 198 valence electrons. The van der Waals surface area contributed by atoms with Crippen LogP contribution in [0.2, 0.25) is 15.1 Å². The summed E-state index contributed by atoms with van der Waals surface area (Å²) in [6, 6.07) is 10.9. The van der Waals surface area contributed by atoms with Crippen molar-refractivity contribution in [3.8, 4) is 0 Å². The number of benzene rings is 2. The summed E-state index contributed by atoms with van der Waals surface area (Å²) in [6.07, 6.45) is 2.05. The van der Waals surface area contributed by atoms with Crippen LogP contribution in [0.4, 0.5) is 5.69 Å². The Morgan fingerprint density at radius 2 is 1.69 bits per heavy atom. The summed E-state index contributed by atoms with van der Waals surface area (Å²) in [5, 5.41) is 4.01. The summed E-state index contributed by atoms with van der Waals surface area (Å²) in [4.78, 5) is 27.6. The van der Waals surface area contributed by atoms with Crippen molar-refractivity contribution in [3.63, 3.8) is 0 Å². The molecule has 1 N–H and O–H groups in total. The maximum absolute atomic E-state index is 13.3. The SMILES string of the molecule is CC[C@@H](C)NC(=O)[C@H](C)N(Cc1cccc(Cl)c1)C(=O)CCCN(c1cc(Cl)ccc1Cl)S(C)(=O)=O. The molecule has 0 spiro atoms. The van der Waals surface area contributed by atoms with Gasteiger partial charge in [-0.15, -0.1) is 0 Å². The Labute approximate surface area is 228 Å². The van der Waals surface area contributed by atoms with E-state index in [0.29, 0.717) is 10.0 Å². The van der Waals surface area contributed by atoms with E-state index in [1.165, 1.54) is 17.0 Å². The molecule has 0 unspecified atom stereocenters. The molecule has 36 heavy (non-hydrogen) atoms. The average Bonchev–Trinajstić information content (AvgIpc) is 2.80. The van der Waals surface area contributed by atoms with Gasteiger partial charge in [0.2, 0.25) is 21.8 Å². The zero-order valence-corrected chi connectivity index (χ0v) is 23.9. The molecule has 2 amide bonds. The number of nitrogens with zero attached hydrogens (tertiary/aromatic N) is 2. The van der Waals surface area contributed by atoms with Gasteiger partial charge in [-0.3, -0.25) is 13.9 Å². The topological polar surface area (TPSA) is 86.8 Å². The Balaban J connectivity index is 2.21. The van der Waals surface area contributed by atoms with Crippen LogP contribution in [0.25, 0.3) is 0 Å². The van der Waals surface area contributed by atoms with Crippen LogP contribution in [0.5, 0.6) is 0 Å². The third-order valence-corrected chi connectivity index (χ3v) is 7.71. The summed E-state index contributed by atoms with van der Waals surface area (Å²) < 4.78 is 26.1. The molecule has 11 heteroatoms. The number of hydrogen-bond acceptors (Lipinski definition) is 4. The van der Waals surface area contributed by atoms with Crippen molar-refractivity contribution in [2.45, 2.75) is 58.7 Å². The predicted molar refractivity (Wildman–Crippen MR) is 147 cm³/mol. The molecule has 0 bridgehead atoms. The number of anilines is 1. The van der Waals surface area contributed by atoms with Gasteiger partial charge in [-0.25, -0.2) is 8.42 Å². The number of hydrogen-bond donors (Lipinski definition) is 1. The van der Waals surface area contributed by atoms with E-state index in [2.05, 4.69) is 5.32 Å². The molecule has 2 aromatic rings. The van der Waals surface area contributed by atoms with Crippen LogP contribution in [0.15, 0.2) is 42.5 Å². The number of carbonyl (C=O) groups excluding carboxylic acids is 2. The van der Waals surface area contributed by atoms with E-state index in [4.69, 9.17) is 34.8 Å². The van der Waals surface area contributed by atoms with Gasteiger partial charge in [0.15, 0.2) is 0 Å². The van der Waals surface area contributed by atoms with Crippen LogP contribution in [-0.4, -0.2) is 50.0 Å². The van der Waals surface area contributed by atoms with Crippen LogP contribution in [0, 0.1) is 0 Å². The minimum atomic E-state index is -3.69. The smallest absolute Gasteiger partial charge is 0.242 e. The van der Waals surface area contributed by atoms with Crippen LogP contribution < -0.4 is 9.62 Å². The molecule has 0 saturated carbocycles. The fourth-order valence-electron chi connectivity index (χ4n) is 3.54. The van der Waals surface area contributed by atoms with Crippen LogP contribution in [-0.2, 0) is 26.2 Å². The molecule has 0 radical (unpaired) electrons. The Hall–Kier alpha value is -2.00. The summed E-state index contributed by atoms with van der Waals surface area (Å²) in [6.45, 7) is 5.74. The third-order valence-electron chi connectivity index (χ3n) is 5.74. The standard InChI is InChI=1S/C25H32Cl3N3O4S/c1-5-17(2)29-25(33)18(3)30(16-19-8-6-9-20(26)14-19)24(32)10-7-13-31(36(4,34)35)23-15-21(27)11-12-22(23)28/h6,8-9,11-12,14-15,17-18H,5,7,10,13,16H2,1-4H3,(H,29,33)/t17-,18+/m1/s1. The van der Waals surface area contributed by atoms with E-state index in [0.717, 1.165) is 22.5 Å². The number of halogens is 3. The monoisotopic (exact) mass is 575 g/mol. The fraction of sp³-hybridized carbons (Fsp3) is 0.440. The largest absolute Gasteiger partial charge is 0.352 e. The molecule has 2 atom stereocenters. The lowest BCUT2D eigenvalue weighted by Crippen LogP contribution is -2.49. The number of rotatable bonds is 12. The van der Waals surface area contributed by atoms with E-state index in [-0.39, 0.29) is 54.5 Å². The Bertz CT molecular complexity index is 1180. The van der Waals surface area contributed by atoms with Crippen LogP contribution in [0.3, 0.4) is 0 Å². The van der Waals surface area contributed by atoms with E-state index >= 15 is 0 Å². The number of sulfonamides is 1. The minimum absolute atomic E-state index is 0.0170. The molecule has 0 aromatic heterocycles. The van der Waals surface area contributed by atoms with Crippen LogP contribution >= 0.6 is 34.8 Å². The summed E-state index contributed by atoms with van der Waals surface area (Å²) >= 11 is 18.4. The highest BCUT2D eigenvalue weighted by molar-refractivity contribution is 7.92. The van der Waals surface area contributed by atoms with Gasteiger partial charge < -0.3 is 10.2 Å². The quantitative estimate of drug-likeness (QED) is 0.360. The molecule has 2 rings (SSSR count). The molecule has 0 aliphatic heterocycles. The summed E-state index contributed by atoms with van der Waals surface area (Å²) in [7, 11) is -3.69. The van der Waals surface area contributed by atoms with Gasteiger partial charge in [-0.2, -0.15) is 0 Å². The zero-order chi connectivity index (χ0) is 27.0. The predicted octanol–water partition coefficient (Wildman–Crippen LogP) is 5.53. The lowest BCUT2D eigenvalue weighted by molar-refractivity contribution is -0.140. The first-order chi connectivity index (χ1) is 16.8. The Morgan fingerprint density at radius 3 is 2.31 bits per heavy atom. The van der Waals surface area contributed by atoms with E-state index in [1.54, 1.807) is 31.2 Å². The maximum Gasteiger partial charge on any atom is 0.242 e. The summed E-state index contributed by atoms with van der Waals surface area (Å²) in [5.74, 6) is -0.546. The molecule has 0 fully saturated rings. The number of amides is 2. The number of nitrogens with one attached hydrogen (secondary N) is 1. The molecular weight excluding hydrogens is 545 g/mol. The molecule has 0 aliphatic carbocycles. The normalized spacial score (nSPS) is 13.1. The first-order valence-corrected chi connectivity index (χ1v) is 14.6. The third kappa shape index (κ3) is 8.83. The van der Waals surface area contributed by atoms with E-state index < -0.39 is 16.1 Å². The first-order valence-electron chi connectivity index (χ1n) is 11.6. The molecule has 0 aliphatic rings. The van der Waals surface area contributed by atoms with Crippen molar-refractivity contribution < 1.29 is 18.0 Å². The van der Waals surface area contributed by atoms with Gasteiger partial charge in [0.25, 0.3) is 0 Å². The number of carbonyl (C=O) groups is 2. The van der Waals surface area contributed by atoms with Crippen molar-refractivity contribution in [3.05, 3.63) is 63.1 Å². The highest BCUT2D eigenvalue weighted by Gasteiger charge is 2.27. The van der Waals surface area contributed by atoms with Gasteiger partial charge in [0, 0.05) is 35.6 Å². The molecule has 2 aromatic carbocycles. The minimum Gasteiger partial charge on any atom is -0.352 e. The second kappa shape index (κ2) is 13.5. The van der Waals surface area contributed by atoms with Gasteiger partial charge >= 0.3 is 0 Å². The van der Waals surface area contributed by atoms with Gasteiger partial charge in [-0.1, -0.05) is 53.9 Å². The molecular formula is C25H32Cl3N3O4S. The van der Waals surface area contributed by atoms with Crippen molar-refractivity contribution in [1.82, 2.24) is 10.2 Å². The molecule has 0 saturated heterocycles. The second-order valence-corrected chi connectivity index (χ2v) is 11.9. The zero-order valence-electron chi connectivity index (χ0n) is 20.8. The second-order valence-electron chi connectivity index (χ2n) is 8.68. The van der Waals surface area contributed by atoms with Gasteiger partial charge in [0.1, 0.15) is 6.04 Å². The first kappa shape index (κ1) is 30.2. The van der Waals surface area contributed by atoms with Crippen LogP contribution in [0.1, 0.15) is 45.6 Å². The Morgan fingerprint density at radius 1 is 1.03 bits per heavy atom. The van der Waals surface area contributed by atoms with Gasteiger partial charge in [-0.05, 0) is 62.6 Å². The Kier molecular flexibility index (Phi) is 11.3. The van der Waals surface area contributed by atoms with Crippen molar-refractivity contribution in [2.24, 2.45) is 0 Å². The summed E-state index contributed by atoms with van der Waals surface area (Å²) in [5.41, 5.74) is 1.03. The van der Waals surface area contributed by atoms with Gasteiger partial charge in [0.05, 0.1) is 17.0 Å². The van der Waals surface area contributed by atoms with E-state index in [9.17, 15) is 18.0 Å². The van der Waals surface area contributed by atoms with Crippen molar-refractivity contribution >= 4 is 62.3 Å². The highest BCUT2D eigenvalue weighted by atomic mass is 35.5. The lowest BCUT2D eigenvalue weighted by atomic mass is 10.1.